The van der Waals surface area contributed by atoms with Crippen LogP contribution in [0, 0.1) is 33.7 Å². The number of aliphatic hydroxyl groups excluding tert-OH is 2. The van der Waals surface area contributed by atoms with Crippen LogP contribution in [0.15, 0.2) is 59.2 Å². The van der Waals surface area contributed by atoms with Crippen LogP contribution in [0.25, 0.3) is 6.08 Å². The number of amides is 2. The molecule has 2 aliphatic rings. The number of fused-ring (bicyclic) bond motifs is 1. The van der Waals surface area contributed by atoms with E-state index in [4.69, 9.17) is 0 Å². The predicted octanol–water partition coefficient (Wildman–Crippen LogP) is 4.90. The summed E-state index contributed by atoms with van der Waals surface area (Å²) >= 11 is 0. The molecule has 1 fully saturated rings. The zero-order chi connectivity index (χ0) is 29.1. The van der Waals surface area contributed by atoms with Gasteiger partial charge in [0.15, 0.2) is 11.6 Å². The molecule has 0 spiro atoms. The molecular formula is C30H33FN2O7. The minimum atomic E-state index is -0.977. The van der Waals surface area contributed by atoms with Crippen molar-refractivity contribution in [2.75, 3.05) is 11.5 Å². The van der Waals surface area contributed by atoms with Crippen molar-refractivity contribution in [2.45, 2.75) is 52.1 Å². The molecule has 0 radical (unpaired) electrons. The van der Waals surface area contributed by atoms with Gasteiger partial charge in [0.1, 0.15) is 0 Å². The van der Waals surface area contributed by atoms with Gasteiger partial charge in [-0.15, -0.1) is 0 Å². The number of allylic oxidation sites excluding steroid dienone is 2. The summed E-state index contributed by atoms with van der Waals surface area (Å²) in [5.74, 6) is -4.56. The van der Waals surface area contributed by atoms with E-state index in [0.29, 0.717) is 36.8 Å². The second kappa shape index (κ2) is 12.1. The van der Waals surface area contributed by atoms with Crippen molar-refractivity contribution in [2.24, 2.45) is 17.8 Å². The van der Waals surface area contributed by atoms with Gasteiger partial charge in [0.05, 0.1) is 35.2 Å². The number of nitro benzene ring substituents is 1. The zero-order valence-corrected chi connectivity index (χ0v) is 22.4. The first-order valence-electron chi connectivity index (χ1n) is 13.4. The molecule has 2 aromatic carbocycles. The number of aliphatic hydroxyl groups is 2. The molecule has 4 atom stereocenters. The molecule has 1 aliphatic heterocycles. The molecule has 10 heteroatoms. The number of aromatic hydroxyl groups is 1. The maximum atomic E-state index is 13.8. The highest BCUT2D eigenvalue weighted by Gasteiger charge is 2.55. The van der Waals surface area contributed by atoms with Crippen molar-refractivity contribution >= 4 is 29.3 Å². The van der Waals surface area contributed by atoms with Crippen LogP contribution in [0.3, 0.4) is 0 Å². The van der Waals surface area contributed by atoms with E-state index in [1.165, 1.54) is 36.4 Å². The smallest absolute Gasteiger partial charge is 0.271 e. The summed E-state index contributed by atoms with van der Waals surface area (Å²) < 4.78 is 13.8. The first-order valence-corrected chi connectivity index (χ1v) is 13.4. The van der Waals surface area contributed by atoms with Gasteiger partial charge in [-0.25, -0.2) is 9.29 Å². The van der Waals surface area contributed by atoms with Crippen LogP contribution >= 0.6 is 0 Å². The van der Waals surface area contributed by atoms with E-state index in [2.05, 4.69) is 0 Å². The fraction of sp³-hybridized carbons (Fsp3) is 0.400. The van der Waals surface area contributed by atoms with Crippen molar-refractivity contribution in [3.05, 3.63) is 80.7 Å². The van der Waals surface area contributed by atoms with Crippen LogP contribution in [0.4, 0.5) is 15.8 Å². The number of nitrogens with zero attached hydrogens (tertiary/aromatic N) is 2. The number of hydrogen-bond donors (Lipinski definition) is 3. The highest BCUT2D eigenvalue weighted by Crippen LogP contribution is 2.48. The van der Waals surface area contributed by atoms with E-state index in [1.54, 1.807) is 12.1 Å². The van der Waals surface area contributed by atoms with Gasteiger partial charge in [0.25, 0.3) is 5.69 Å². The number of carbonyl (C=O) groups excluding carboxylic acids is 2. The number of anilines is 1. The molecule has 40 heavy (non-hydrogen) atoms. The summed E-state index contributed by atoms with van der Waals surface area (Å²) in [6, 6.07) is 9.46. The lowest BCUT2D eigenvalue weighted by molar-refractivity contribution is -0.384. The van der Waals surface area contributed by atoms with Gasteiger partial charge >= 0.3 is 0 Å². The fourth-order valence-corrected chi connectivity index (χ4v) is 5.98. The Morgan fingerprint density at radius 2 is 1.95 bits per heavy atom. The van der Waals surface area contributed by atoms with E-state index in [0.717, 1.165) is 16.0 Å². The van der Waals surface area contributed by atoms with Crippen LogP contribution in [0.5, 0.6) is 5.75 Å². The number of hydrogen-bond acceptors (Lipinski definition) is 7. The van der Waals surface area contributed by atoms with Crippen LogP contribution in [-0.4, -0.2) is 44.8 Å². The quantitative estimate of drug-likeness (QED) is 0.165. The number of imide groups is 1. The summed E-state index contributed by atoms with van der Waals surface area (Å²) in [5.41, 5.74) is 2.78. The first kappa shape index (κ1) is 29.1. The third-order valence-electron chi connectivity index (χ3n) is 8.00. The van der Waals surface area contributed by atoms with Crippen LogP contribution in [-0.2, 0) is 9.59 Å². The third kappa shape index (κ3) is 5.55. The normalized spacial score (nSPS) is 22.1. The summed E-state index contributed by atoms with van der Waals surface area (Å²) in [6.07, 6.45) is 3.02. The highest BCUT2D eigenvalue weighted by atomic mass is 19.1. The molecule has 0 unspecified atom stereocenters. The largest absolute Gasteiger partial charge is 0.505 e. The Labute approximate surface area is 231 Å². The summed E-state index contributed by atoms with van der Waals surface area (Å²) in [7, 11) is 0. The molecule has 212 valence electrons. The van der Waals surface area contributed by atoms with Crippen molar-refractivity contribution in [1.82, 2.24) is 0 Å². The standard InChI is InChI=1S/C30H33FN2O7/c1-3-17(12-18-9-10-25(35)24(31)13-18)8-11-26(36)27-19(4-2)14-22-28(23(27)16-34)30(38)32(29(22)37)20-6-5-7-21(15-20)33(39)40/h5-7,9-10,12-13,15,22-23,26,28,34-36H,3-4,8,11,14,16H2,1-2H3/b17-12+/t22-,23+,26-,28-/m1/s1. The van der Waals surface area contributed by atoms with Gasteiger partial charge in [-0.05, 0) is 61.4 Å². The second-order valence-corrected chi connectivity index (χ2v) is 10.2. The van der Waals surface area contributed by atoms with Gasteiger partial charge in [0.2, 0.25) is 11.8 Å². The molecule has 2 amide bonds. The number of phenolic OH excluding ortho intramolecular Hbond substituents is 1. The SMILES string of the molecule is CCC1=C([C@H](O)CC/C(=C/c2ccc(O)c(F)c2)CC)[C@H](CO)[C@@H]2C(=O)N(c3cccc([N+](=O)[O-])c3)C(=O)[C@@H]2C1. The molecule has 0 bridgehead atoms. The number of benzene rings is 2. The zero-order valence-electron chi connectivity index (χ0n) is 22.4. The third-order valence-corrected chi connectivity index (χ3v) is 8.00. The Balaban J connectivity index is 1.59. The Morgan fingerprint density at radius 1 is 1.20 bits per heavy atom. The Kier molecular flexibility index (Phi) is 8.80. The Hall–Kier alpha value is -3.89. The predicted molar refractivity (Wildman–Crippen MR) is 147 cm³/mol. The van der Waals surface area contributed by atoms with E-state index in [9.17, 15) is 39.4 Å². The lowest BCUT2D eigenvalue weighted by atomic mass is 9.67. The topological polar surface area (TPSA) is 141 Å². The number of carbonyl (C=O) groups is 2. The average molecular weight is 553 g/mol. The monoisotopic (exact) mass is 552 g/mol. The summed E-state index contributed by atoms with van der Waals surface area (Å²) in [4.78, 5) is 38.7. The minimum Gasteiger partial charge on any atom is -0.505 e. The molecule has 9 nitrogen and oxygen atoms in total. The van der Waals surface area contributed by atoms with E-state index >= 15 is 0 Å². The Bertz CT molecular complexity index is 1390. The van der Waals surface area contributed by atoms with Gasteiger partial charge in [0, 0.05) is 18.1 Å². The molecular weight excluding hydrogens is 519 g/mol. The molecule has 1 saturated heterocycles. The fourth-order valence-electron chi connectivity index (χ4n) is 5.98. The van der Waals surface area contributed by atoms with Crippen molar-refractivity contribution in [1.29, 1.82) is 0 Å². The van der Waals surface area contributed by atoms with Crippen molar-refractivity contribution < 1.29 is 34.2 Å². The van der Waals surface area contributed by atoms with Crippen molar-refractivity contribution in [3.63, 3.8) is 0 Å². The molecule has 0 aromatic heterocycles. The van der Waals surface area contributed by atoms with E-state index in [-0.39, 0.29) is 17.8 Å². The Morgan fingerprint density at radius 3 is 2.58 bits per heavy atom. The van der Waals surface area contributed by atoms with Crippen LogP contribution < -0.4 is 4.90 Å². The second-order valence-electron chi connectivity index (χ2n) is 10.2. The van der Waals surface area contributed by atoms with E-state index < -0.39 is 58.8 Å². The maximum absolute atomic E-state index is 13.8. The van der Waals surface area contributed by atoms with Gasteiger partial charge in [-0.3, -0.25) is 19.7 Å². The highest BCUT2D eigenvalue weighted by molar-refractivity contribution is 6.22. The average Bonchev–Trinajstić information content (AvgIpc) is 3.20. The van der Waals surface area contributed by atoms with Gasteiger partial charge < -0.3 is 15.3 Å². The molecule has 2 aromatic rings. The molecule has 1 heterocycles. The maximum Gasteiger partial charge on any atom is 0.271 e. The molecule has 1 aliphatic carbocycles. The molecule has 0 saturated carbocycles. The van der Waals surface area contributed by atoms with E-state index in [1.807, 2.05) is 13.8 Å². The summed E-state index contributed by atoms with van der Waals surface area (Å²) in [5, 5.41) is 42.5. The van der Waals surface area contributed by atoms with Crippen molar-refractivity contribution in [3.8, 4) is 5.75 Å². The lowest BCUT2D eigenvalue weighted by Gasteiger charge is -2.36. The number of non-ortho nitro benzene ring substituents is 1. The molecule has 4 rings (SSSR count). The number of nitro groups is 1. The molecule has 3 N–H and O–H groups in total. The summed E-state index contributed by atoms with van der Waals surface area (Å²) in [6.45, 7) is 3.40. The van der Waals surface area contributed by atoms with Crippen LogP contribution in [0.1, 0.15) is 51.5 Å². The van der Waals surface area contributed by atoms with Gasteiger partial charge in [-0.1, -0.05) is 43.2 Å². The minimum absolute atomic E-state index is 0.110. The number of rotatable bonds is 10. The van der Waals surface area contributed by atoms with Gasteiger partial charge in [-0.2, -0.15) is 0 Å². The first-order chi connectivity index (χ1) is 19.1. The van der Waals surface area contributed by atoms with Crippen LogP contribution in [0.2, 0.25) is 0 Å². The number of phenols is 1. The number of halogens is 1. The lowest BCUT2D eigenvalue weighted by Crippen LogP contribution is -2.39.